The fourth-order valence-corrected chi connectivity index (χ4v) is 4.20. The highest BCUT2D eigenvalue weighted by Gasteiger charge is 2.19. The Bertz CT molecular complexity index is 926. The molecule has 7 heteroatoms. The lowest BCUT2D eigenvalue weighted by molar-refractivity contribution is -0.116. The number of hydrogen-bond acceptors (Lipinski definition) is 3. The number of nitrogens with one attached hydrogen (secondary N) is 1. The van der Waals surface area contributed by atoms with Gasteiger partial charge in [-0.2, -0.15) is 0 Å². The summed E-state index contributed by atoms with van der Waals surface area (Å²) in [6, 6.07) is 10.6. The van der Waals surface area contributed by atoms with Crippen LogP contribution in [0.1, 0.15) is 23.6 Å². The van der Waals surface area contributed by atoms with E-state index < -0.39 is 10.0 Å². The first kappa shape index (κ1) is 20.4. The molecule has 0 unspecified atom stereocenters. The highest BCUT2D eigenvalue weighted by Crippen LogP contribution is 2.24. The quantitative estimate of drug-likeness (QED) is 0.814. The van der Waals surface area contributed by atoms with Crippen molar-refractivity contribution in [3.63, 3.8) is 0 Å². The van der Waals surface area contributed by atoms with Crippen molar-refractivity contribution in [2.75, 3.05) is 18.0 Å². The standard InChI is InChI=1S/C19H23ClN2O3S/c1-13-5-6-15(3)19(11-13)26(24,25)21-9-10-22(16(4)23)18-12-17(20)8-7-14(18)2/h5-8,11-12,21H,9-10H2,1-4H3. The molecule has 5 nitrogen and oxygen atoms in total. The van der Waals surface area contributed by atoms with Crippen LogP contribution in [0.15, 0.2) is 41.3 Å². The predicted octanol–water partition coefficient (Wildman–Crippen LogP) is 3.60. The maximum absolute atomic E-state index is 12.6. The lowest BCUT2D eigenvalue weighted by atomic mass is 10.2. The van der Waals surface area contributed by atoms with Gasteiger partial charge in [0.15, 0.2) is 0 Å². The SMILES string of the molecule is CC(=O)N(CCNS(=O)(=O)c1cc(C)ccc1C)c1cc(Cl)ccc1C. The molecule has 1 N–H and O–H groups in total. The topological polar surface area (TPSA) is 66.5 Å². The van der Waals surface area contributed by atoms with Gasteiger partial charge in [-0.15, -0.1) is 0 Å². The van der Waals surface area contributed by atoms with Crippen LogP contribution >= 0.6 is 11.6 Å². The average Bonchev–Trinajstić information content (AvgIpc) is 2.56. The van der Waals surface area contributed by atoms with Gasteiger partial charge in [-0.1, -0.05) is 29.8 Å². The zero-order chi connectivity index (χ0) is 19.5. The van der Waals surface area contributed by atoms with Gasteiger partial charge in [-0.25, -0.2) is 13.1 Å². The van der Waals surface area contributed by atoms with Gasteiger partial charge in [0, 0.05) is 30.7 Å². The third-order valence-electron chi connectivity index (χ3n) is 4.10. The molecule has 0 aliphatic rings. The Balaban J connectivity index is 2.16. The van der Waals surface area contributed by atoms with Gasteiger partial charge in [0.2, 0.25) is 15.9 Å². The molecule has 1 amide bonds. The number of sulfonamides is 1. The van der Waals surface area contributed by atoms with Crippen LogP contribution in [0.25, 0.3) is 0 Å². The van der Waals surface area contributed by atoms with Gasteiger partial charge in [0.1, 0.15) is 0 Å². The average molecular weight is 395 g/mol. The second-order valence-corrected chi connectivity index (χ2v) is 8.44. The maximum atomic E-state index is 12.6. The van der Waals surface area contributed by atoms with E-state index >= 15 is 0 Å². The van der Waals surface area contributed by atoms with Crippen molar-refractivity contribution in [2.45, 2.75) is 32.6 Å². The fourth-order valence-electron chi connectivity index (χ4n) is 2.69. The summed E-state index contributed by atoms with van der Waals surface area (Å²) in [4.78, 5) is 13.8. The van der Waals surface area contributed by atoms with E-state index in [0.29, 0.717) is 16.3 Å². The van der Waals surface area contributed by atoms with E-state index in [-0.39, 0.29) is 23.9 Å². The highest BCUT2D eigenvalue weighted by molar-refractivity contribution is 7.89. The number of benzene rings is 2. The largest absolute Gasteiger partial charge is 0.311 e. The van der Waals surface area contributed by atoms with Gasteiger partial charge in [-0.05, 0) is 55.7 Å². The molecular weight excluding hydrogens is 372 g/mol. The first-order valence-electron chi connectivity index (χ1n) is 8.23. The monoisotopic (exact) mass is 394 g/mol. The molecule has 2 aromatic rings. The molecule has 2 aromatic carbocycles. The molecule has 0 saturated carbocycles. The maximum Gasteiger partial charge on any atom is 0.240 e. The molecule has 0 heterocycles. The second kappa shape index (κ2) is 8.20. The van der Waals surface area contributed by atoms with E-state index in [4.69, 9.17) is 11.6 Å². The van der Waals surface area contributed by atoms with Crippen LogP contribution in [0, 0.1) is 20.8 Å². The van der Waals surface area contributed by atoms with Crippen molar-refractivity contribution in [3.8, 4) is 0 Å². The van der Waals surface area contributed by atoms with E-state index in [1.165, 1.54) is 11.8 Å². The summed E-state index contributed by atoms with van der Waals surface area (Å²) >= 11 is 6.03. The Morgan fingerprint density at radius 1 is 1.08 bits per heavy atom. The van der Waals surface area contributed by atoms with Crippen molar-refractivity contribution < 1.29 is 13.2 Å². The summed E-state index contributed by atoms with van der Waals surface area (Å²) in [5.41, 5.74) is 3.12. The number of anilines is 1. The van der Waals surface area contributed by atoms with E-state index in [0.717, 1.165) is 11.1 Å². The van der Waals surface area contributed by atoms with Crippen LogP contribution in [-0.4, -0.2) is 27.4 Å². The van der Waals surface area contributed by atoms with Gasteiger partial charge >= 0.3 is 0 Å². The van der Waals surface area contributed by atoms with Gasteiger partial charge in [0.05, 0.1) is 4.90 Å². The first-order chi connectivity index (χ1) is 12.1. The van der Waals surface area contributed by atoms with Crippen LogP contribution < -0.4 is 9.62 Å². The van der Waals surface area contributed by atoms with Crippen LogP contribution in [-0.2, 0) is 14.8 Å². The number of aryl methyl sites for hydroxylation is 3. The molecule has 0 aliphatic carbocycles. The molecule has 0 radical (unpaired) electrons. The van der Waals surface area contributed by atoms with Gasteiger partial charge in [-0.3, -0.25) is 4.79 Å². The Labute approximate surface area is 160 Å². The van der Waals surface area contributed by atoms with Crippen molar-refractivity contribution in [1.29, 1.82) is 0 Å². The minimum absolute atomic E-state index is 0.0985. The Kier molecular flexibility index (Phi) is 6.44. The summed E-state index contributed by atoms with van der Waals surface area (Å²) in [7, 11) is -3.65. The predicted molar refractivity (Wildman–Crippen MR) is 105 cm³/mol. The summed E-state index contributed by atoms with van der Waals surface area (Å²) in [6.45, 7) is 7.23. The number of carbonyl (C=O) groups is 1. The molecule has 26 heavy (non-hydrogen) atoms. The van der Waals surface area contributed by atoms with Crippen molar-refractivity contribution in [2.24, 2.45) is 0 Å². The smallest absolute Gasteiger partial charge is 0.240 e. The molecule has 0 atom stereocenters. The Morgan fingerprint density at radius 2 is 1.73 bits per heavy atom. The molecule has 0 fully saturated rings. The van der Waals surface area contributed by atoms with Crippen molar-refractivity contribution in [1.82, 2.24) is 4.72 Å². The number of nitrogens with zero attached hydrogens (tertiary/aromatic N) is 1. The van der Waals surface area contributed by atoms with E-state index in [2.05, 4.69) is 4.72 Å². The van der Waals surface area contributed by atoms with Crippen molar-refractivity contribution in [3.05, 3.63) is 58.1 Å². The Hall–Kier alpha value is -1.89. The number of rotatable bonds is 6. The number of amides is 1. The van der Waals surface area contributed by atoms with Crippen LogP contribution in [0.5, 0.6) is 0 Å². The zero-order valence-electron chi connectivity index (χ0n) is 15.3. The van der Waals surface area contributed by atoms with Crippen molar-refractivity contribution >= 4 is 33.2 Å². The molecule has 140 valence electrons. The minimum Gasteiger partial charge on any atom is -0.311 e. The number of hydrogen-bond donors (Lipinski definition) is 1. The second-order valence-electron chi connectivity index (χ2n) is 6.27. The van der Waals surface area contributed by atoms with Crippen LogP contribution in [0.4, 0.5) is 5.69 Å². The third kappa shape index (κ3) is 4.84. The number of halogens is 1. The van der Waals surface area contributed by atoms with Crippen LogP contribution in [0.3, 0.4) is 0 Å². The normalized spacial score (nSPS) is 11.4. The molecule has 2 rings (SSSR count). The van der Waals surface area contributed by atoms with Crippen LogP contribution in [0.2, 0.25) is 5.02 Å². The van der Waals surface area contributed by atoms with E-state index in [1.807, 2.05) is 26.0 Å². The Morgan fingerprint density at radius 3 is 2.38 bits per heavy atom. The summed E-state index contributed by atoms with van der Waals surface area (Å²) in [5, 5.41) is 0.521. The summed E-state index contributed by atoms with van der Waals surface area (Å²) < 4.78 is 27.7. The third-order valence-corrected chi connectivity index (χ3v) is 5.94. The van der Waals surface area contributed by atoms with Gasteiger partial charge < -0.3 is 4.90 Å². The zero-order valence-corrected chi connectivity index (χ0v) is 16.9. The van der Waals surface area contributed by atoms with Gasteiger partial charge in [0.25, 0.3) is 0 Å². The molecule has 0 saturated heterocycles. The van der Waals surface area contributed by atoms with E-state index in [9.17, 15) is 13.2 Å². The summed E-state index contributed by atoms with van der Waals surface area (Å²) in [6.07, 6.45) is 0. The highest BCUT2D eigenvalue weighted by atomic mass is 35.5. The minimum atomic E-state index is -3.65. The molecule has 0 aliphatic heterocycles. The lowest BCUT2D eigenvalue weighted by Gasteiger charge is -2.23. The summed E-state index contributed by atoms with van der Waals surface area (Å²) in [5.74, 6) is -0.179. The molecular formula is C19H23ClN2O3S. The lowest BCUT2D eigenvalue weighted by Crippen LogP contribution is -2.38. The molecule has 0 aromatic heterocycles. The molecule has 0 bridgehead atoms. The first-order valence-corrected chi connectivity index (χ1v) is 10.1. The fraction of sp³-hybridized carbons (Fsp3) is 0.316. The number of carbonyl (C=O) groups excluding carboxylic acids is 1. The molecule has 0 spiro atoms. The van der Waals surface area contributed by atoms with E-state index in [1.54, 1.807) is 31.2 Å².